The molecule has 86 valence electrons. The first kappa shape index (κ1) is 11.2. The maximum Gasteiger partial charge on any atom is 0.297 e. The molecule has 0 unspecified atom stereocenters. The first-order valence-electron chi connectivity index (χ1n) is 4.19. The van der Waals surface area contributed by atoms with Gasteiger partial charge in [0.05, 0.1) is 12.0 Å². The van der Waals surface area contributed by atoms with Gasteiger partial charge in [0.2, 0.25) is 5.09 Å². The molecule has 0 bridgehead atoms. The van der Waals surface area contributed by atoms with Gasteiger partial charge in [0.1, 0.15) is 4.47 Å². The first-order chi connectivity index (χ1) is 7.50. The van der Waals surface area contributed by atoms with Crippen molar-refractivity contribution in [2.45, 2.75) is 12.0 Å². The van der Waals surface area contributed by atoms with Crippen LogP contribution in [0, 0.1) is 6.92 Å². The molecule has 0 saturated heterocycles. The zero-order valence-corrected chi connectivity index (χ0v) is 10.5. The van der Waals surface area contributed by atoms with Crippen LogP contribution in [0.2, 0.25) is 0 Å². The molecule has 6 nitrogen and oxygen atoms in total. The molecule has 16 heavy (non-hydrogen) atoms. The third-order valence-corrected chi connectivity index (χ3v) is 3.93. The second-order valence-corrected chi connectivity index (χ2v) is 5.36. The van der Waals surface area contributed by atoms with Gasteiger partial charge in [-0.15, -0.1) is 0 Å². The van der Waals surface area contributed by atoms with Crippen molar-refractivity contribution in [1.29, 1.82) is 0 Å². The Labute approximate surface area is 99.8 Å². The predicted molar refractivity (Wildman–Crippen MR) is 58.5 cm³/mol. The summed E-state index contributed by atoms with van der Waals surface area (Å²) in [6, 6.07) is 2.81. The van der Waals surface area contributed by atoms with Gasteiger partial charge >= 0.3 is 0 Å². The molecule has 0 fully saturated rings. The number of hydrogen-bond acceptors (Lipinski definition) is 5. The maximum absolute atomic E-state index is 11.7. The van der Waals surface area contributed by atoms with Crippen molar-refractivity contribution in [3.8, 4) is 0 Å². The van der Waals surface area contributed by atoms with Gasteiger partial charge in [-0.25, -0.2) is 4.72 Å². The van der Waals surface area contributed by atoms with Crippen LogP contribution in [-0.2, 0) is 10.0 Å². The SMILES string of the molecule is Cc1noc(NS(=O)(=O)c2ccco2)c1Br. The Kier molecular flexibility index (Phi) is 2.76. The van der Waals surface area contributed by atoms with Gasteiger partial charge in [-0.1, -0.05) is 5.16 Å². The largest absolute Gasteiger partial charge is 0.451 e. The first-order valence-corrected chi connectivity index (χ1v) is 6.46. The van der Waals surface area contributed by atoms with E-state index in [2.05, 4.69) is 25.8 Å². The van der Waals surface area contributed by atoms with Crippen LogP contribution in [0.15, 0.2) is 36.9 Å². The predicted octanol–water partition coefficient (Wildman–Crippen LogP) is 2.14. The van der Waals surface area contributed by atoms with Crippen molar-refractivity contribution in [3.63, 3.8) is 0 Å². The average Bonchev–Trinajstić information content (AvgIpc) is 2.83. The molecule has 0 saturated carbocycles. The van der Waals surface area contributed by atoms with E-state index in [0.29, 0.717) is 10.2 Å². The maximum atomic E-state index is 11.7. The van der Waals surface area contributed by atoms with Crippen LogP contribution in [0.25, 0.3) is 0 Å². The molecule has 0 aromatic carbocycles. The fourth-order valence-electron chi connectivity index (χ4n) is 1.01. The summed E-state index contributed by atoms with van der Waals surface area (Å²) in [7, 11) is -3.76. The standard InChI is InChI=1S/C8H7BrN2O4S/c1-5-7(9)8(15-10-5)11-16(12,13)6-3-2-4-14-6/h2-4,11H,1H3. The van der Waals surface area contributed by atoms with E-state index in [4.69, 9.17) is 8.94 Å². The monoisotopic (exact) mass is 306 g/mol. The lowest BCUT2D eigenvalue weighted by molar-refractivity contribution is 0.427. The van der Waals surface area contributed by atoms with Gasteiger partial charge in [0.15, 0.2) is 0 Å². The lowest BCUT2D eigenvalue weighted by Gasteiger charge is -2.00. The van der Waals surface area contributed by atoms with E-state index in [1.165, 1.54) is 18.4 Å². The Morgan fingerprint density at radius 2 is 2.25 bits per heavy atom. The number of furan rings is 1. The quantitative estimate of drug-likeness (QED) is 0.939. The lowest BCUT2D eigenvalue weighted by atomic mass is 10.5. The molecule has 0 atom stereocenters. The molecule has 2 aromatic heterocycles. The summed E-state index contributed by atoms with van der Waals surface area (Å²) in [6.45, 7) is 1.68. The van der Waals surface area contributed by atoms with Gasteiger partial charge in [-0.3, -0.25) is 0 Å². The highest BCUT2D eigenvalue weighted by Crippen LogP contribution is 2.27. The molecule has 2 rings (SSSR count). The third-order valence-electron chi connectivity index (χ3n) is 1.78. The van der Waals surface area contributed by atoms with Crippen molar-refractivity contribution in [2.24, 2.45) is 0 Å². The highest BCUT2D eigenvalue weighted by atomic mass is 79.9. The number of nitrogens with one attached hydrogen (secondary N) is 1. The van der Waals surface area contributed by atoms with E-state index >= 15 is 0 Å². The Bertz CT molecular complexity index is 588. The molecule has 2 heterocycles. The zero-order chi connectivity index (χ0) is 11.8. The summed E-state index contributed by atoms with van der Waals surface area (Å²) in [5.74, 6) is 0.0221. The Balaban J connectivity index is 2.32. The molecule has 1 N–H and O–H groups in total. The van der Waals surface area contributed by atoms with Crippen LogP contribution < -0.4 is 4.72 Å². The minimum absolute atomic E-state index is 0.0221. The molecule has 0 spiro atoms. The summed E-state index contributed by atoms with van der Waals surface area (Å²) in [4.78, 5) is 0. The Morgan fingerprint density at radius 3 is 2.75 bits per heavy atom. The topological polar surface area (TPSA) is 85.3 Å². The number of halogens is 1. The third kappa shape index (κ3) is 1.98. The highest BCUT2D eigenvalue weighted by molar-refractivity contribution is 9.10. The second-order valence-electron chi connectivity index (χ2n) is 2.95. The average molecular weight is 307 g/mol. The van der Waals surface area contributed by atoms with Crippen LogP contribution >= 0.6 is 15.9 Å². The molecular weight excluding hydrogens is 300 g/mol. The smallest absolute Gasteiger partial charge is 0.297 e. The molecule has 0 amide bonds. The summed E-state index contributed by atoms with van der Waals surface area (Å²) in [6.07, 6.45) is 1.27. The Morgan fingerprint density at radius 1 is 1.50 bits per heavy atom. The zero-order valence-electron chi connectivity index (χ0n) is 8.10. The van der Waals surface area contributed by atoms with E-state index in [0.717, 1.165) is 0 Å². The minimum Gasteiger partial charge on any atom is -0.451 e. The van der Waals surface area contributed by atoms with E-state index in [9.17, 15) is 8.42 Å². The van der Waals surface area contributed by atoms with Crippen molar-refractivity contribution in [1.82, 2.24) is 5.16 Å². The molecule has 2 aromatic rings. The number of sulfonamides is 1. The number of aromatic nitrogens is 1. The van der Waals surface area contributed by atoms with Crippen molar-refractivity contribution >= 4 is 31.8 Å². The number of rotatable bonds is 3. The molecular formula is C8H7BrN2O4S. The molecule has 0 aliphatic carbocycles. The Hall–Kier alpha value is -1.28. The summed E-state index contributed by atoms with van der Waals surface area (Å²) in [5.41, 5.74) is 0.553. The number of hydrogen-bond donors (Lipinski definition) is 1. The van der Waals surface area contributed by atoms with Crippen LogP contribution in [0.4, 0.5) is 5.88 Å². The highest BCUT2D eigenvalue weighted by Gasteiger charge is 2.21. The number of anilines is 1. The van der Waals surface area contributed by atoms with Crippen LogP contribution in [0.3, 0.4) is 0 Å². The van der Waals surface area contributed by atoms with Gasteiger partial charge < -0.3 is 8.94 Å². The van der Waals surface area contributed by atoms with Gasteiger partial charge in [0, 0.05) is 0 Å². The summed E-state index contributed by atoms with van der Waals surface area (Å²) >= 11 is 3.15. The second kappa shape index (κ2) is 3.95. The molecule has 0 aliphatic heterocycles. The van der Waals surface area contributed by atoms with Gasteiger partial charge in [-0.05, 0) is 35.0 Å². The number of aryl methyl sites for hydroxylation is 1. The van der Waals surface area contributed by atoms with Gasteiger partial charge in [0.25, 0.3) is 15.9 Å². The normalized spacial score (nSPS) is 11.6. The van der Waals surface area contributed by atoms with Crippen LogP contribution in [-0.4, -0.2) is 13.6 Å². The fraction of sp³-hybridized carbons (Fsp3) is 0.125. The van der Waals surface area contributed by atoms with E-state index in [1.807, 2.05) is 0 Å². The summed E-state index contributed by atoms with van der Waals surface area (Å²) in [5, 5.41) is 3.42. The minimum atomic E-state index is -3.76. The fourth-order valence-corrected chi connectivity index (χ4v) is 2.31. The van der Waals surface area contributed by atoms with Gasteiger partial charge in [-0.2, -0.15) is 8.42 Å². The molecule has 8 heteroatoms. The lowest BCUT2D eigenvalue weighted by Crippen LogP contribution is -2.11. The van der Waals surface area contributed by atoms with Crippen molar-refractivity contribution in [3.05, 3.63) is 28.6 Å². The molecule has 0 radical (unpaired) electrons. The summed E-state index contributed by atoms with van der Waals surface area (Å²) < 4.78 is 35.7. The van der Waals surface area contributed by atoms with Crippen molar-refractivity contribution in [2.75, 3.05) is 4.72 Å². The van der Waals surface area contributed by atoms with Crippen LogP contribution in [0.1, 0.15) is 5.69 Å². The van der Waals surface area contributed by atoms with E-state index < -0.39 is 10.0 Å². The van der Waals surface area contributed by atoms with Crippen molar-refractivity contribution < 1.29 is 17.4 Å². The van der Waals surface area contributed by atoms with E-state index in [-0.39, 0.29) is 11.0 Å². The van der Waals surface area contributed by atoms with E-state index in [1.54, 1.807) is 6.92 Å². The number of nitrogens with zero attached hydrogens (tertiary/aromatic N) is 1. The molecule has 0 aliphatic rings. The van der Waals surface area contributed by atoms with Crippen LogP contribution in [0.5, 0.6) is 0 Å².